The highest BCUT2D eigenvalue weighted by molar-refractivity contribution is 5.67. The van der Waals surface area contributed by atoms with Crippen molar-refractivity contribution in [1.29, 1.82) is 0 Å². The number of carboxylic acids is 1. The van der Waals surface area contributed by atoms with E-state index >= 15 is 0 Å². The maximum Gasteiger partial charge on any atom is 0.303 e. The van der Waals surface area contributed by atoms with E-state index in [1.165, 1.54) is 5.56 Å². The minimum Gasteiger partial charge on any atom is -0.496 e. The van der Waals surface area contributed by atoms with Gasteiger partial charge in [-0.1, -0.05) is 39.8 Å². The average molecular weight is 264 g/mol. The summed E-state index contributed by atoms with van der Waals surface area (Å²) in [7, 11) is 1.68. The van der Waals surface area contributed by atoms with Crippen molar-refractivity contribution in [3.8, 4) is 5.75 Å². The van der Waals surface area contributed by atoms with E-state index in [9.17, 15) is 4.79 Å². The molecular weight excluding hydrogens is 240 g/mol. The third kappa shape index (κ3) is 4.58. The minimum atomic E-state index is -0.739. The van der Waals surface area contributed by atoms with Crippen LogP contribution in [0, 0.1) is 5.92 Å². The van der Waals surface area contributed by atoms with Crippen LogP contribution in [0.3, 0.4) is 0 Å². The van der Waals surface area contributed by atoms with Crippen molar-refractivity contribution in [2.75, 3.05) is 7.11 Å². The summed E-state index contributed by atoms with van der Waals surface area (Å²) in [5.74, 6) is 0.290. The Morgan fingerprint density at radius 2 is 2.00 bits per heavy atom. The standard InChI is InChI=1S/C16H24O3/c1-11(9-15(17)18)8-12-6-7-14(19-5)13(10-12)16(2,3)4/h6-7,10-11H,8-9H2,1-5H3,(H,17,18). The highest BCUT2D eigenvalue weighted by Gasteiger charge is 2.19. The predicted octanol–water partition coefficient (Wildman–Crippen LogP) is 3.65. The molecule has 3 nitrogen and oxygen atoms in total. The number of ether oxygens (including phenoxy) is 1. The van der Waals surface area contributed by atoms with E-state index in [1.54, 1.807) is 7.11 Å². The first kappa shape index (κ1) is 15.5. The molecule has 19 heavy (non-hydrogen) atoms. The third-order valence-electron chi connectivity index (χ3n) is 3.18. The lowest BCUT2D eigenvalue weighted by Crippen LogP contribution is -2.14. The normalized spacial score (nSPS) is 13.1. The first-order valence-electron chi connectivity index (χ1n) is 6.63. The predicted molar refractivity (Wildman–Crippen MR) is 76.8 cm³/mol. The monoisotopic (exact) mass is 264 g/mol. The molecule has 1 aromatic carbocycles. The topological polar surface area (TPSA) is 46.5 Å². The molecule has 0 aliphatic rings. The van der Waals surface area contributed by atoms with Crippen molar-refractivity contribution >= 4 is 5.97 Å². The largest absolute Gasteiger partial charge is 0.496 e. The van der Waals surface area contributed by atoms with Gasteiger partial charge in [0.2, 0.25) is 0 Å². The molecule has 0 aromatic heterocycles. The molecule has 0 amide bonds. The Morgan fingerprint density at radius 3 is 2.47 bits per heavy atom. The second kappa shape index (κ2) is 6.09. The lowest BCUT2D eigenvalue weighted by atomic mass is 9.84. The maximum absolute atomic E-state index is 10.7. The van der Waals surface area contributed by atoms with Gasteiger partial charge >= 0.3 is 5.97 Å². The van der Waals surface area contributed by atoms with Crippen LogP contribution in [0.5, 0.6) is 5.75 Å². The van der Waals surface area contributed by atoms with Crippen molar-refractivity contribution in [1.82, 2.24) is 0 Å². The second-order valence-corrected chi connectivity index (χ2v) is 6.19. The molecule has 0 heterocycles. The van der Waals surface area contributed by atoms with Gasteiger partial charge in [0.25, 0.3) is 0 Å². The Hall–Kier alpha value is -1.51. The van der Waals surface area contributed by atoms with Gasteiger partial charge in [0, 0.05) is 6.42 Å². The van der Waals surface area contributed by atoms with E-state index in [-0.39, 0.29) is 17.8 Å². The molecule has 106 valence electrons. The van der Waals surface area contributed by atoms with E-state index in [0.29, 0.717) is 0 Å². The van der Waals surface area contributed by atoms with E-state index in [4.69, 9.17) is 9.84 Å². The molecule has 1 atom stereocenters. The molecule has 1 unspecified atom stereocenters. The highest BCUT2D eigenvalue weighted by atomic mass is 16.5. The van der Waals surface area contributed by atoms with Gasteiger partial charge in [-0.25, -0.2) is 0 Å². The number of carboxylic acid groups (broad SMARTS) is 1. The van der Waals surface area contributed by atoms with Crippen LogP contribution < -0.4 is 4.74 Å². The fourth-order valence-corrected chi connectivity index (χ4v) is 2.24. The molecule has 0 fully saturated rings. The molecule has 0 spiro atoms. The Kier molecular flexibility index (Phi) is 4.98. The van der Waals surface area contributed by atoms with Crippen LogP contribution in [0.15, 0.2) is 18.2 Å². The SMILES string of the molecule is COc1ccc(CC(C)CC(=O)O)cc1C(C)(C)C. The Balaban J connectivity index is 2.96. The number of aliphatic carboxylic acids is 1. The molecule has 0 radical (unpaired) electrons. The zero-order valence-electron chi connectivity index (χ0n) is 12.5. The van der Waals surface area contributed by atoms with Crippen LogP contribution in [0.1, 0.15) is 45.2 Å². The Labute approximate surface area is 115 Å². The Bertz CT molecular complexity index is 444. The zero-order chi connectivity index (χ0) is 14.6. The second-order valence-electron chi connectivity index (χ2n) is 6.19. The van der Waals surface area contributed by atoms with Crippen molar-refractivity contribution in [3.05, 3.63) is 29.3 Å². The quantitative estimate of drug-likeness (QED) is 0.883. The summed E-state index contributed by atoms with van der Waals surface area (Å²) in [5, 5.41) is 8.81. The van der Waals surface area contributed by atoms with Gasteiger partial charge in [0.15, 0.2) is 0 Å². The maximum atomic E-state index is 10.7. The van der Waals surface area contributed by atoms with Gasteiger partial charge in [-0.2, -0.15) is 0 Å². The first-order valence-corrected chi connectivity index (χ1v) is 6.63. The fraction of sp³-hybridized carbons (Fsp3) is 0.562. The number of carbonyl (C=O) groups is 1. The lowest BCUT2D eigenvalue weighted by Gasteiger charge is -2.23. The molecule has 0 saturated carbocycles. The van der Waals surface area contributed by atoms with E-state index in [1.807, 2.05) is 19.1 Å². The molecule has 3 heteroatoms. The number of methoxy groups -OCH3 is 1. The molecule has 1 rings (SSSR count). The number of benzene rings is 1. The van der Waals surface area contributed by atoms with Crippen LogP contribution in [0.25, 0.3) is 0 Å². The summed E-state index contributed by atoms with van der Waals surface area (Å²) in [5.41, 5.74) is 2.34. The number of rotatable bonds is 5. The van der Waals surface area contributed by atoms with Gasteiger partial charge in [-0.3, -0.25) is 4.79 Å². The van der Waals surface area contributed by atoms with Crippen molar-refractivity contribution in [3.63, 3.8) is 0 Å². The summed E-state index contributed by atoms with van der Waals surface area (Å²) in [6, 6.07) is 6.13. The van der Waals surface area contributed by atoms with Crippen LogP contribution in [-0.2, 0) is 16.6 Å². The van der Waals surface area contributed by atoms with Gasteiger partial charge in [-0.15, -0.1) is 0 Å². The molecular formula is C16H24O3. The Morgan fingerprint density at radius 1 is 1.37 bits per heavy atom. The van der Waals surface area contributed by atoms with E-state index < -0.39 is 5.97 Å². The summed E-state index contributed by atoms with van der Waals surface area (Å²) in [4.78, 5) is 10.7. The van der Waals surface area contributed by atoms with Crippen LogP contribution >= 0.6 is 0 Å². The molecule has 0 aliphatic carbocycles. The molecule has 0 aliphatic heterocycles. The molecule has 0 bridgehead atoms. The summed E-state index contributed by atoms with van der Waals surface area (Å²) < 4.78 is 5.40. The van der Waals surface area contributed by atoms with Crippen molar-refractivity contribution < 1.29 is 14.6 Å². The summed E-state index contributed by atoms with van der Waals surface area (Å²) >= 11 is 0. The third-order valence-corrected chi connectivity index (χ3v) is 3.18. The van der Waals surface area contributed by atoms with Crippen LogP contribution in [0.2, 0.25) is 0 Å². The zero-order valence-corrected chi connectivity index (χ0v) is 12.5. The fourth-order valence-electron chi connectivity index (χ4n) is 2.24. The van der Waals surface area contributed by atoms with Gasteiger partial charge < -0.3 is 9.84 Å². The van der Waals surface area contributed by atoms with E-state index in [2.05, 4.69) is 26.8 Å². The van der Waals surface area contributed by atoms with Gasteiger partial charge in [0.05, 0.1) is 7.11 Å². The highest BCUT2D eigenvalue weighted by Crippen LogP contribution is 2.32. The molecule has 1 N–H and O–H groups in total. The van der Waals surface area contributed by atoms with Crippen LogP contribution in [0.4, 0.5) is 0 Å². The first-order chi connectivity index (χ1) is 8.74. The van der Waals surface area contributed by atoms with Crippen LogP contribution in [-0.4, -0.2) is 18.2 Å². The summed E-state index contributed by atoms with van der Waals surface area (Å²) in [6.07, 6.45) is 0.982. The lowest BCUT2D eigenvalue weighted by molar-refractivity contribution is -0.137. The summed E-state index contributed by atoms with van der Waals surface area (Å²) in [6.45, 7) is 8.41. The number of hydrogen-bond acceptors (Lipinski definition) is 2. The minimum absolute atomic E-state index is 0.0113. The molecule has 0 saturated heterocycles. The van der Waals surface area contributed by atoms with Gasteiger partial charge in [0.1, 0.15) is 5.75 Å². The number of hydrogen-bond donors (Lipinski definition) is 1. The molecule has 1 aromatic rings. The smallest absolute Gasteiger partial charge is 0.303 e. The average Bonchev–Trinajstić information content (AvgIpc) is 2.26. The van der Waals surface area contributed by atoms with Crippen molar-refractivity contribution in [2.24, 2.45) is 5.92 Å². The van der Waals surface area contributed by atoms with E-state index in [0.717, 1.165) is 17.7 Å². The van der Waals surface area contributed by atoms with Gasteiger partial charge in [-0.05, 0) is 34.9 Å². The van der Waals surface area contributed by atoms with Crippen molar-refractivity contribution in [2.45, 2.75) is 46.0 Å².